The van der Waals surface area contributed by atoms with E-state index in [2.05, 4.69) is 113 Å². The Balaban J connectivity index is 1.87. The van der Waals surface area contributed by atoms with Gasteiger partial charge in [-0.2, -0.15) is 0 Å². The topological polar surface area (TPSA) is 27.1 Å². The zero-order chi connectivity index (χ0) is 21.4. The van der Waals surface area contributed by atoms with E-state index in [9.17, 15) is 0 Å². The summed E-state index contributed by atoms with van der Waals surface area (Å²) in [5, 5.41) is 0. The molecule has 0 fully saturated rings. The summed E-state index contributed by atoms with van der Waals surface area (Å²) < 4.78 is 7.65. The summed E-state index contributed by atoms with van der Waals surface area (Å²) in [7, 11) is 0. The molecule has 0 unspecified atom stereocenters. The highest BCUT2D eigenvalue weighted by Crippen LogP contribution is 2.40. The van der Waals surface area contributed by atoms with Gasteiger partial charge in [-0.1, -0.05) is 103 Å². The van der Waals surface area contributed by atoms with Crippen LogP contribution in [-0.2, 0) is 10.3 Å². The maximum atomic E-state index is 5.45. The molecule has 3 nitrogen and oxygen atoms in total. The molecule has 0 spiro atoms. The summed E-state index contributed by atoms with van der Waals surface area (Å²) in [5.74, 6) is 0. The van der Waals surface area contributed by atoms with Crippen molar-refractivity contribution in [3.05, 3.63) is 145 Å². The van der Waals surface area contributed by atoms with Crippen LogP contribution >= 0.6 is 0 Å². The highest BCUT2D eigenvalue weighted by molar-refractivity contribution is 5.52. The van der Waals surface area contributed by atoms with Crippen molar-refractivity contribution in [2.75, 3.05) is 13.2 Å². The molecule has 0 bridgehead atoms. The maximum Gasteiger partial charge on any atom is 0.121 e. The van der Waals surface area contributed by atoms with Gasteiger partial charge in [0.25, 0.3) is 0 Å². The molecule has 0 saturated heterocycles. The van der Waals surface area contributed by atoms with Crippen molar-refractivity contribution in [2.24, 2.45) is 0 Å². The van der Waals surface area contributed by atoms with Crippen LogP contribution in [0.2, 0.25) is 0 Å². The van der Waals surface area contributed by atoms with Crippen LogP contribution in [0, 0.1) is 0 Å². The molecule has 0 aliphatic heterocycles. The van der Waals surface area contributed by atoms with Crippen molar-refractivity contribution < 1.29 is 4.74 Å². The number of hydrogen-bond acceptors (Lipinski definition) is 2. The lowest BCUT2D eigenvalue weighted by atomic mass is 9.77. The monoisotopic (exact) mass is 406 g/mol. The summed E-state index contributed by atoms with van der Waals surface area (Å²) in [4.78, 5) is 4.68. The van der Waals surface area contributed by atoms with Crippen molar-refractivity contribution in [3.63, 3.8) is 0 Å². The molecule has 0 aliphatic rings. The van der Waals surface area contributed by atoms with Crippen LogP contribution in [0.3, 0.4) is 0 Å². The molecule has 0 N–H and O–H groups in total. The lowest BCUT2D eigenvalue weighted by Gasteiger charge is -2.37. The maximum absolute atomic E-state index is 5.45. The van der Waals surface area contributed by atoms with Crippen LogP contribution in [-0.4, -0.2) is 22.8 Å². The van der Waals surface area contributed by atoms with Gasteiger partial charge in [-0.25, -0.2) is 4.98 Å². The number of nitrogens with zero attached hydrogens (tertiary/aromatic N) is 2. The van der Waals surface area contributed by atoms with E-state index in [0.717, 1.165) is 5.69 Å². The molecule has 4 aromatic rings. The molecule has 154 valence electrons. The van der Waals surface area contributed by atoms with E-state index < -0.39 is 5.54 Å². The Morgan fingerprint density at radius 1 is 0.774 bits per heavy atom. The third-order valence-electron chi connectivity index (χ3n) is 5.30. The minimum atomic E-state index is -0.539. The molecule has 0 atom stereocenters. The second-order valence-electron chi connectivity index (χ2n) is 7.24. The Bertz CT molecular complexity index is 1020. The molecule has 0 saturated carbocycles. The van der Waals surface area contributed by atoms with Gasteiger partial charge < -0.3 is 9.30 Å². The molecule has 3 aromatic carbocycles. The first-order valence-electron chi connectivity index (χ1n) is 10.4. The van der Waals surface area contributed by atoms with Gasteiger partial charge in [-0.3, -0.25) is 0 Å². The molecule has 1 heterocycles. The molecule has 0 aliphatic carbocycles. The van der Waals surface area contributed by atoms with Crippen molar-refractivity contribution in [2.45, 2.75) is 5.54 Å². The minimum Gasteiger partial charge on any atom is -0.373 e. The largest absolute Gasteiger partial charge is 0.373 e. The number of hydrogen-bond donors (Lipinski definition) is 0. The third kappa shape index (κ3) is 4.27. The third-order valence-corrected chi connectivity index (χ3v) is 5.30. The van der Waals surface area contributed by atoms with Gasteiger partial charge in [0.1, 0.15) is 5.54 Å². The van der Waals surface area contributed by atoms with E-state index in [0.29, 0.717) is 13.2 Å². The fourth-order valence-electron chi connectivity index (χ4n) is 3.98. The second-order valence-corrected chi connectivity index (χ2v) is 7.24. The van der Waals surface area contributed by atoms with Crippen LogP contribution < -0.4 is 0 Å². The fourth-order valence-corrected chi connectivity index (χ4v) is 3.98. The van der Waals surface area contributed by atoms with Crippen molar-refractivity contribution in [1.82, 2.24) is 9.55 Å². The summed E-state index contributed by atoms with van der Waals surface area (Å²) in [6.07, 6.45) is 9.72. The quantitative estimate of drug-likeness (QED) is 0.195. The van der Waals surface area contributed by atoms with E-state index in [1.165, 1.54) is 16.7 Å². The predicted octanol–water partition coefficient (Wildman–Crippen LogP) is 5.94. The van der Waals surface area contributed by atoms with Crippen molar-refractivity contribution in [1.29, 1.82) is 0 Å². The van der Waals surface area contributed by atoms with Gasteiger partial charge in [-0.05, 0) is 22.8 Å². The van der Waals surface area contributed by atoms with E-state index in [1.54, 1.807) is 6.08 Å². The standard InChI is InChI=1S/C28H26N2O/c1-2-20-31-21-12-19-27-22-30(23-29-27)28(24-13-6-3-7-14-24,25-15-8-4-9-16-25)26-17-10-5-11-18-26/h2-19,22-23H,1,20-21H2/b19-12+. The average Bonchev–Trinajstić information content (AvgIpc) is 3.31. The predicted molar refractivity (Wildman–Crippen MR) is 127 cm³/mol. The first-order chi connectivity index (χ1) is 15.4. The molecule has 0 amide bonds. The van der Waals surface area contributed by atoms with Crippen LogP contribution in [0.1, 0.15) is 22.4 Å². The lowest BCUT2D eigenvalue weighted by Crippen LogP contribution is -2.36. The van der Waals surface area contributed by atoms with Gasteiger partial charge in [-0.15, -0.1) is 6.58 Å². The first kappa shape index (κ1) is 20.6. The Morgan fingerprint density at radius 2 is 1.29 bits per heavy atom. The minimum absolute atomic E-state index is 0.528. The van der Waals surface area contributed by atoms with E-state index in [-0.39, 0.29) is 0 Å². The Kier molecular flexibility index (Phi) is 6.56. The van der Waals surface area contributed by atoms with Crippen LogP contribution in [0.25, 0.3) is 6.08 Å². The van der Waals surface area contributed by atoms with E-state index >= 15 is 0 Å². The van der Waals surface area contributed by atoms with Gasteiger partial charge in [0, 0.05) is 6.20 Å². The normalized spacial score (nSPS) is 11.6. The number of aromatic nitrogens is 2. The summed E-state index contributed by atoms with van der Waals surface area (Å²) >= 11 is 0. The van der Waals surface area contributed by atoms with E-state index in [4.69, 9.17) is 4.74 Å². The van der Waals surface area contributed by atoms with Gasteiger partial charge in [0.2, 0.25) is 0 Å². The van der Waals surface area contributed by atoms with Crippen molar-refractivity contribution >= 4 is 6.08 Å². The van der Waals surface area contributed by atoms with Gasteiger partial charge in [0.05, 0.1) is 25.2 Å². The van der Waals surface area contributed by atoms with E-state index in [1.807, 2.05) is 18.5 Å². The van der Waals surface area contributed by atoms with Gasteiger partial charge >= 0.3 is 0 Å². The Hall–Kier alpha value is -3.69. The molecular weight excluding hydrogens is 380 g/mol. The summed E-state index contributed by atoms with van der Waals surface area (Å²) in [6, 6.07) is 31.8. The van der Waals surface area contributed by atoms with Crippen LogP contribution in [0.4, 0.5) is 0 Å². The second kappa shape index (κ2) is 9.88. The summed E-state index contributed by atoms with van der Waals surface area (Å²) in [5.41, 5.74) is 3.87. The number of ether oxygens (including phenoxy) is 1. The van der Waals surface area contributed by atoms with Crippen molar-refractivity contribution in [3.8, 4) is 0 Å². The zero-order valence-corrected chi connectivity index (χ0v) is 17.5. The van der Waals surface area contributed by atoms with Crippen LogP contribution in [0.5, 0.6) is 0 Å². The average molecular weight is 407 g/mol. The number of rotatable bonds is 9. The Labute approximate surface area is 184 Å². The Morgan fingerprint density at radius 3 is 1.77 bits per heavy atom. The highest BCUT2D eigenvalue weighted by atomic mass is 16.5. The summed E-state index contributed by atoms with van der Waals surface area (Å²) in [6.45, 7) is 4.74. The van der Waals surface area contributed by atoms with Crippen LogP contribution in [0.15, 0.2) is 122 Å². The first-order valence-corrected chi connectivity index (χ1v) is 10.4. The molecule has 1 aromatic heterocycles. The molecule has 4 rings (SSSR count). The highest BCUT2D eigenvalue weighted by Gasteiger charge is 2.38. The number of benzene rings is 3. The SMILES string of the molecule is C=CCOC/C=C/c1cn(C(c2ccccc2)(c2ccccc2)c2ccccc2)cn1. The fraction of sp³-hybridized carbons (Fsp3) is 0.107. The lowest BCUT2D eigenvalue weighted by molar-refractivity contribution is 0.194. The molecule has 0 radical (unpaired) electrons. The molecule has 3 heteroatoms. The zero-order valence-electron chi connectivity index (χ0n) is 17.5. The smallest absolute Gasteiger partial charge is 0.121 e. The number of imidazole rings is 1. The molecule has 31 heavy (non-hydrogen) atoms. The molecular formula is C28H26N2O. The van der Waals surface area contributed by atoms with Gasteiger partial charge in [0.15, 0.2) is 0 Å².